The minimum atomic E-state index is 0.760. The van der Waals surface area contributed by atoms with Crippen molar-refractivity contribution >= 4 is 0 Å². The summed E-state index contributed by atoms with van der Waals surface area (Å²) in [6.07, 6.45) is 5.73. The minimum absolute atomic E-state index is 0.760. The molecule has 2 fully saturated rings. The Morgan fingerprint density at radius 1 is 1.36 bits per heavy atom. The highest BCUT2D eigenvalue weighted by Gasteiger charge is 2.40. The summed E-state index contributed by atoms with van der Waals surface area (Å²) < 4.78 is 0. The summed E-state index contributed by atoms with van der Waals surface area (Å²) in [5, 5.41) is 2.46. The number of nitrogens with zero attached hydrogens (tertiary/aromatic N) is 1. The van der Waals surface area contributed by atoms with E-state index in [0.717, 1.165) is 18.0 Å². The number of fused-ring (bicyclic) bond motifs is 1. The average molecular weight is 154 g/mol. The van der Waals surface area contributed by atoms with Crippen LogP contribution in [0.4, 0.5) is 0 Å². The number of hydrogen-bond donors (Lipinski definition) is 1. The average Bonchev–Trinajstić information content (AvgIpc) is 2.46. The molecule has 1 saturated carbocycles. The van der Waals surface area contributed by atoms with Crippen LogP contribution < -0.4 is 5.43 Å². The molecule has 2 heteroatoms. The summed E-state index contributed by atoms with van der Waals surface area (Å²) in [7, 11) is 2.05. The summed E-state index contributed by atoms with van der Waals surface area (Å²) >= 11 is 0. The zero-order valence-corrected chi connectivity index (χ0v) is 7.51. The lowest BCUT2D eigenvalue weighted by molar-refractivity contribution is 0.137. The molecule has 2 rings (SSSR count). The second kappa shape index (κ2) is 2.76. The highest BCUT2D eigenvalue weighted by atomic mass is 15.5. The molecule has 3 unspecified atom stereocenters. The van der Waals surface area contributed by atoms with E-state index in [4.69, 9.17) is 0 Å². The number of rotatable bonds is 1. The molecule has 11 heavy (non-hydrogen) atoms. The number of hydrogen-bond acceptors (Lipinski definition) is 2. The van der Waals surface area contributed by atoms with Crippen LogP contribution in [-0.4, -0.2) is 24.1 Å². The molecule has 2 aliphatic rings. The Kier molecular flexibility index (Phi) is 1.90. The van der Waals surface area contributed by atoms with Crippen molar-refractivity contribution in [1.82, 2.24) is 10.4 Å². The van der Waals surface area contributed by atoms with E-state index in [2.05, 4.69) is 24.4 Å². The van der Waals surface area contributed by atoms with Crippen LogP contribution in [0.5, 0.6) is 0 Å². The Morgan fingerprint density at radius 2 is 2.18 bits per heavy atom. The first-order chi connectivity index (χ1) is 5.33. The van der Waals surface area contributed by atoms with E-state index >= 15 is 0 Å². The van der Waals surface area contributed by atoms with Crippen LogP contribution in [0.25, 0.3) is 0 Å². The van der Waals surface area contributed by atoms with Crippen molar-refractivity contribution in [3.63, 3.8) is 0 Å². The Morgan fingerprint density at radius 3 is 2.91 bits per heavy atom. The van der Waals surface area contributed by atoms with E-state index in [1.165, 1.54) is 25.7 Å². The summed E-state index contributed by atoms with van der Waals surface area (Å²) in [5.41, 5.74) is 3.32. The molecule has 0 amide bonds. The third kappa shape index (κ3) is 1.09. The van der Waals surface area contributed by atoms with Gasteiger partial charge in [-0.3, -0.25) is 5.43 Å². The maximum absolute atomic E-state index is 3.32. The van der Waals surface area contributed by atoms with Crippen molar-refractivity contribution < 1.29 is 0 Å². The fourth-order valence-electron chi connectivity index (χ4n) is 2.92. The lowest BCUT2D eigenvalue weighted by atomic mass is 10.0. The molecule has 1 aliphatic carbocycles. The van der Waals surface area contributed by atoms with Crippen LogP contribution in [0.15, 0.2) is 0 Å². The summed E-state index contributed by atoms with van der Waals surface area (Å²) in [6.45, 7) is 2.33. The van der Waals surface area contributed by atoms with Crippen molar-refractivity contribution in [3.05, 3.63) is 0 Å². The minimum Gasteiger partial charge on any atom is -0.258 e. The van der Waals surface area contributed by atoms with Gasteiger partial charge in [0.15, 0.2) is 0 Å². The first-order valence-electron chi connectivity index (χ1n) is 4.78. The predicted molar refractivity (Wildman–Crippen MR) is 46.1 cm³/mol. The molecule has 1 saturated heterocycles. The molecule has 64 valence electrons. The molecule has 3 atom stereocenters. The Balaban J connectivity index is 2.07. The van der Waals surface area contributed by atoms with E-state index in [0.29, 0.717) is 0 Å². The summed E-state index contributed by atoms with van der Waals surface area (Å²) in [4.78, 5) is 0. The highest BCUT2D eigenvalue weighted by Crippen LogP contribution is 2.39. The molecule has 0 spiro atoms. The second-order valence-electron chi connectivity index (χ2n) is 3.97. The van der Waals surface area contributed by atoms with Crippen LogP contribution in [0.1, 0.15) is 32.6 Å². The molecule has 1 aliphatic heterocycles. The number of nitrogens with one attached hydrogen (secondary N) is 1. The monoisotopic (exact) mass is 154 g/mol. The SMILES string of the molecule is CNN1C(C)CC2CCCC21. The van der Waals surface area contributed by atoms with Crippen LogP contribution in [0.2, 0.25) is 0 Å². The molecule has 0 radical (unpaired) electrons. The quantitative estimate of drug-likeness (QED) is 0.614. The third-order valence-corrected chi connectivity index (χ3v) is 3.35. The van der Waals surface area contributed by atoms with E-state index in [-0.39, 0.29) is 0 Å². The largest absolute Gasteiger partial charge is 0.258 e. The van der Waals surface area contributed by atoms with E-state index in [1.54, 1.807) is 0 Å². The van der Waals surface area contributed by atoms with Gasteiger partial charge >= 0.3 is 0 Å². The zero-order valence-electron chi connectivity index (χ0n) is 7.51. The van der Waals surface area contributed by atoms with E-state index in [1.807, 2.05) is 0 Å². The first kappa shape index (κ1) is 7.56. The standard InChI is InChI=1S/C9H18N2/c1-7-6-8-4-3-5-9(8)11(7)10-2/h7-10H,3-6H2,1-2H3. The van der Waals surface area contributed by atoms with Gasteiger partial charge in [-0.25, -0.2) is 5.01 Å². The predicted octanol–water partition coefficient (Wildman–Crippen LogP) is 1.38. The molecule has 0 aromatic carbocycles. The van der Waals surface area contributed by atoms with Gasteiger partial charge in [0.05, 0.1) is 0 Å². The van der Waals surface area contributed by atoms with Crippen LogP contribution in [0.3, 0.4) is 0 Å². The Labute approximate surface area is 68.9 Å². The van der Waals surface area contributed by atoms with Crippen LogP contribution >= 0.6 is 0 Å². The van der Waals surface area contributed by atoms with Gasteiger partial charge in [-0.15, -0.1) is 0 Å². The topological polar surface area (TPSA) is 15.3 Å². The third-order valence-electron chi connectivity index (χ3n) is 3.35. The van der Waals surface area contributed by atoms with Crippen molar-refractivity contribution in [3.8, 4) is 0 Å². The Bertz CT molecular complexity index is 146. The van der Waals surface area contributed by atoms with Crippen molar-refractivity contribution in [2.45, 2.75) is 44.7 Å². The van der Waals surface area contributed by atoms with Gasteiger partial charge in [-0.05, 0) is 39.2 Å². The van der Waals surface area contributed by atoms with Crippen molar-refractivity contribution in [2.75, 3.05) is 7.05 Å². The van der Waals surface area contributed by atoms with Crippen LogP contribution in [0, 0.1) is 5.92 Å². The summed E-state index contributed by atoms with van der Waals surface area (Å²) in [6, 6.07) is 1.62. The summed E-state index contributed by atoms with van der Waals surface area (Å²) in [5.74, 6) is 0.998. The second-order valence-corrected chi connectivity index (χ2v) is 3.97. The maximum Gasteiger partial charge on any atom is 0.0275 e. The van der Waals surface area contributed by atoms with Gasteiger partial charge in [0.2, 0.25) is 0 Å². The smallest absolute Gasteiger partial charge is 0.0275 e. The Hall–Kier alpha value is -0.0800. The van der Waals surface area contributed by atoms with E-state index < -0.39 is 0 Å². The van der Waals surface area contributed by atoms with Gasteiger partial charge in [-0.1, -0.05) is 6.42 Å². The molecule has 0 aromatic rings. The molecule has 0 bridgehead atoms. The van der Waals surface area contributed by atoms with Crippen molar-refractivity contribution in [2.24, 2.45) is 5.92 Å². The van der Waals surface area contributed by atoms with Gasteiger partial charge in [0.25, 0.3) is 0 Å². The number of hydrazine groups is 1. The fraction of sp³-hybridized carbons (Fsp3) is 1.00. The molecule has 2 nitrogen and oxygen atoms in total. The van der Waals surface area contributed by atoms with Gasteiger partial charge in [0.1, 0.15) is 0 Å². The van der Waals surface area contributed by atoms with Gasteiger partial charge in [-0.2, -0.15) is 0 Å². The zero-order chi connectivity index (χ0) is 7.84. The molecule has 0 aromatic heterocycles. The van der Waals surface area contributed by atoms with Crippen molar-refractivity contribution in [1.29, 1.82) is 0 Å². The van der Waals surface area contributed by atoms with Gasteiger partial charge < -0.3 is 0 Å². The molecular weight excluding hydrogens is 136 g/mol. The van der Waals surface area contributed by atoms with Gasteiger partial charge in [0, 0.05) is 12.1 Å². The highest BCUT2D eigenvalue weighted by molar-refractivity contribution is 4.93. The maximum atomic E-state index is 3.32. The molecule has 1 N–H and O–H groups in total. The molecule has 1 heterocycles. The lowest BCUT2D eigenvalue weighted by Gasteiger charge is -2.25. The van der Waals surface area contributed by atoms with E-state index in [9.17, 15) is 0 Å². The van der Waals surface area contributed by atoms with Crippen LogP contribution in [-0.2, 0) is 0 Å². The molecular formula is C9H18N2. The lowest BCUT2D eigenvalue weighted by Crippen LogP contribution is -2.43. The first-order valence-corrected chi connectivity index (χ1v) is 4.78. The normalized spacial score (nSPS) is 44.7. The fourth-order valence-corrected chi connectivity index (χ4v) is 2.92.